The number of aliphatic imine (C=N–C) groups is 1. The molecule has 0 saturated carbocycles. The van der Waals surface area contributed by atoms with Crippen molar-refractivity contribution in [2.45, 2.75) is 72.3 Å². The van der Waals surface area contributed by atoms with E-state index in [0.29, 0.717) is 0 Å². The summed E-state index contributed by atoms with van der Waals surface area (Å²) in [6.45, 7) is 11.7. The number of allylic oxidation sites excluding steroid dienone is 5. The fourth-order valence-electron chi connectivity index (χ4n) is 4.83. The van der Waals surface area contributed by atoms with E-state index in [1.807, 2.05) is 6.20 Å². The summed E-state index contributed by atoms with van der Waals surface area (Å²) in [5.74, 6) is 2.93. The summed E-state index contributed by atoms with van der Waals surface area (Å²) in [4.78, 5) is 7.45. The van der Waals surface area contributed by atoms with Gasteiger partial charge in [-0.15, -0.1) is 0 Å². The van der Waals surface area contributed by atoms with E-state index in [2.05, 4.69) is 90.2 Å². The van der Waals surface area contributed by atoms with Crippen molar-refractivity contribution in [3.05, 3.63) is 77.2 Å². The number of fused-ring (bicyclic) bond motifs is 2. The molecule has 1 aliphatic carbocycles. The standard InChI is InChI=1S/C26H34N6O.C3H8/c1-3-5-6-10-20(9-4-2)22-17-24-28-25(31-23-12-8-7-11-21(23)19-27-31)18-26(32(24)29-22)30-13-15-33-16-14-30;1-3-2/h4-6,9-10,17-19,22,29H,3,7-8,11-16H2,1-2H3;3H2,1-2H3/b6-5+,9-4-,20-10+;. The molecule has 5 rings (SSSR count). The van der Waals surface area contributed by atoms with Gasteiger partial charge >= 0.3 is 0 Å². The molecule has 1 unspecified atom stereocenters. The van der Waals surface area contributed by atoms with E-state index < -0.39 is 0 Å². The van der Waals surface area contributed by atoms with Gasteiger partial charge in [-0.05, 0) is 56.2 Å². The van der Waals surface area contributed by atoms with E-state index in [1.54, 1.807) is 0 Å². The topological polar surface area (TPSA) is 57.9 Å². The zero-order valence-electron chi connectivity index (χ0n) is 22.4. The van der Waals surface area contributed by atoms with E-state index in [0.717, 1.165) is 63.0 Å². The Morgan fingerprint density at radius 2 is 1.94 bits per heavy atom. The Morgan fingerprint density at radius 1 is 1.17 bits per heavy atom. The molecule has 1 atom stereocenters. The van der Waals surface area contributed by atoms with E-state index in [9.17, 15) is 0 Å². The Labute approximate surface area is 216 Å². The lowest BCUT2D eigenvalue weighted by molar-refractivity contribution is 0.0365. The third-order valence-electron chi connectivity index (χ3n) is 6.53. The molecule has 1 fully saturated rings. The van der Waals surface area contributed by atoms with Crippen molar-refractivity contribution in [1.29, 1.82) is 0 Å². The Balaban J connectivity index is 0.000000967. The largest absolute Gasteiger partial charge is 0.378 e. The van der Waals surface area contributed by atoms with Crippen molar-refractivity contribution in [2.75, 3.05) is 26.3 Å². The summed E-state index contributed by atoms with van der Waals surface area (Å²) in [6, 6.07) is 0.0526. The Bertz CT molecular complexity index is 1070. The van der Waals surface area contributed by atoms with E-state index in [4.69, 9.17) is 14.8 Å². The van der Waals surface area contributed by atoms with Gasteiger partial charge in [-0.25, -0.2) is 20.1 Å². The van der Waals surface area contributed by atoms with Crippen LogP contribution in [0.5, 0.6) is 0 Å². The second-order valence-corrected chi connectivity index (χ2v) is 9.48. The van der Waals surface area contributed by atoms with Crippen LogP contribution in [0.15, 0.2) is 70.9 Å². The third-order valence-corrected chi connectivity index (χ3v) is 6.53. The first-order chi connectivity index (χ1) is 17.7. The van der Waals surface area contributed by atoms with Crippen LogP contribution in [-0.4, -0.2) is 57.9 Å². The van der Waals surface area contributed by atoms with Gasteiger partial charge < -0.3 is 9.64 Å². The maximum atomic E-state index is 5.63. The van der Waals surface area contributed by atoms with E-state index >= 15 is 0 Å². The minimum Gasteiger partial charge on any atom is -0.378 e. The van der Waals surface area contributed by atoms with Crippen LogP contribution in [0.1, 0.15) is 64.6 Å². The predicted molar refractivity (Wildman–Crippen MR) is 147 cm³/mol. The van der Waals surface area contributed by atoms with Crippen molar-refractivity contribution < 1.29 is 4.74 Å². The minimum atomic E-state index is 0.0526. The Hall–Kier alpha value is -2.90. The average Bonchev–Trinajstić information content (AvgIpc) is 3.53. The van der Waals surface area contributed by atoms with Crippen LogP contribution in [-0.2, 0) is 17.6 Å². The highest BCUT2D eigenvalue weighted by Gasteiger charge is 2.34. The van der Waals surface area contributed by atoms with Crippen molar-refractivity contribution in [1.82, 2.24) is 25.1 Å². The molecule has 1 N–H and O–H groups in total. The molecule has 194 valence electrons. The Kier molecular flexibility index (Phi) is 9.36. The SMILES string of the molecule is CCC.C\C=C/C(=C\C=C\CC)C1C=C2N=C(n3ncc4c3CCCC4)C=C(N3CCOCC3)N2N1. The summed E-state index contributed by atoms with van der Waals surface area (Å²) in [6.07, 6.45) is 24.1. The molecule has 4 aliphatic rings. The number of nitrogens with zero attached hydrogens (tertiary/aromatic N) is 5. The first-order valence-corrected chi connectivity index (χ1v) is 13.7. The zero-order chi connectivity index (χ0) is 25.3. The zero-order valence-corrected chi connectivity index (χ0v) is 22.4. The number of hydrogen-bond acceptors (Lipinski definition) is 6. The molecule has 0 aromatic carbocycles. The Morgan fingerprint density at radius 3 is 2.69 bits per heavy atom. The van der Waals surface area contributed by atoms with Crippen LogP contribution in [0.4, 0.5) is 0 Å². The normalized spacial score (nSPS) is 22.2. The van der Waals surface area contributed by atoms with Crippen molar-refractivity contribution in [3.63, 3.8) is 0 Å². The summed E-state index contributed by atoms with van der Waals surface area (Å²) < 4.78 is 7.69. The van der Waals surface area contributed by atoms with E-state index in [1.165, 1.54) is 36.1 Å². The molecule has 7 heteroatoms. The second-order valence-electron chi connectivity index (χ2n) is 9.48. The van der Waals surface area contributed by atoms with Crippen molar-refractivity contribution in [3.8, 4) is 0 Å². The third kappa shape index (κ3) is 5.90. The summed E-state index contributed by atoms with van der Waals surface area (Å²) in [7, 11) is 0. The van der Waals surface area contributed by atoms with E-state index in [-0.39, 0.29) is 6.04 Å². The molecule has 0 spiro atoms. The minimum absolute atomic E-state index is 0.0526. The number of hydrogen-bond donors (Lipinski definition) is 1. The van der Waals surface area contributed by atoms with Gasteiger partial charge in [0, 0.05) is 24.9 Å². The maximum Gasteiger partial charge on any atom is 0.159 e. The highest BCUT2D eigenvalue weighted by atomic mass is 16.5. The monoisotopic (exact) mass is 490 g/mol. The van der Waals surface area contributed by atoms with Gasteiger partial charge in [-0.3, -0.25) is 0 Å². The molecule has 1 aromatic rings. The summed E-state index contributed by atoms with van der Waals surface area (Å²) in [5.41, 5.74) is 7.57. The van der Waals surface area contributed by atoms with Crippen LogP contribution in [0.2, 0.25) is 0 Å². The van der Waals surface area contributed by atoms with Crippen LogP contribution >= 0.6 is 0 Å². The lowest BCUT2D eigenvalue weighted by Crippen LogP contribution is -2.48. The predicted octanol–water partition coefficient (Wildman–Crippen LogP) is 5.11. The van der Waals surface area contributed by atoms with Crippen molar-refractivity contribution >= 4 is 5.84 Å². The van der Waals surface area contributed by atoms with Crippen LogP contribution < -0.4 is 5.43 Å². The molecule has 7 nitrogen and oxygen atoms in total. The molecule has 36 heavy (non-hydrogen) atoms. The van der Waals surface area contributed by atoms with Gasteiger partial charge in [0.05, 0.1) is 25.5 Å². The molecular weight excluding hydrogens is 448 g/mol. The van der Waals surface area contributed by atoms with Gasteiger partial charge in [-0.1, -0.05) is 57.6 Å². The lowest BCUT2D eigenvalue weighted by Gasteiger charge is -2.38. The second kappa shape index (κ2) is 12.9. The number of rotatable bonds is 5. The van der Waals surface area contributed by atoms with Crippen LogP contribution in [0.3, 0.4) is 0 Å². The molecular formula is C29H42N6O. The molecule has 4 heterocycles. The van der Waals surface area contributed by atoms with Gasteiger partial charge in [0.25, 0.3) is 0 Å². The fraction of sp³-hybridized carbons (Fsp3) is 0.517. The van der Waals surface area contributed by atoms with Crippen LogP contribution in [0, 0.1) is 0 Å². The van der Waals surface area contributed by atoms with Gasteiger partial charge in [0.1, 0.15) is 11.6 Å². The quantitative estimate of drug-likeness (QED) is 0.581. The number of aryl methyl sites for hydroxylation is 1. The first-order valence-electron chi connectivity index (χ1n) is 13.7. The molecule has 0 bridgehead atoms. The van der Waals surface area contributed by atoms with Gasteiger partial charge in [-0.2, -0.15) is 5.10 Å². The number of ether oxygens (including phenoxy) is 1. The molecule has 1 aromatic heterocycles. The number of hydrazine groups is 1. The van der Waals surface area contributed by atoms with Gasteiger partial charge in [0.15, 0.2) is 5.84 Å². The summed E-state index contributed by atoms with van der Waals surface area (Å²) in [5, 5.41) is 6.88. The lowest BCUT2D eigenvalue weighted by atomic mass is 9.98. The fourth-order valence-corrected chi connectivity index (χ4v) is 4.83. The smallest absolute Gasteiger partial charge is 0.159 e. The first kappa shape index (κ1) is 26.2. The molecule has 0 amide bonds. The summed E-state index contributed by atoms with van der Waals surface area (Å²) >= 11 is 0. The molecule has 1 saturated heterocycles. The highest BCUT2D eigenvalue weighted by Crippen LogP contribution is 2.30. The van der Waals surface area contributed by atoms with Crippen molar-refractivity contribution in [2.24, 2.45) is 4.99 Å². The highest BCUT2D eigenvalue weighted by molar-refractivity contribution is 5.97. The van der Waals surface area contributed by atoms with Gasteiger partial charge in [0.2, 0.25) is 0 Å². The van der Waals surface area contributed by atoms with Crippen LogP contribution in [0.25, 0.3) is 0 Å². The number of morpholine rings is 1. The molecule has 3 aliphatic heterocycles. The maximum absolute atomic E-state index is 5.63. The average molecular weight is 491 g/mol. The molecule has 0 radical (unpaired) electrons. The number of nitrogens with one attached hydrogen (secondary N) is 1. The number of aromatic nitrogens is 2.